The number of nitrogens with one attached hydrogen (secondary N) is 1. The largest absolute Gasteiger partial charge is 0.345 e. The lowest BCUT2D eigenvalue weighted by Gasteiger charge is -2.19. The van der Waals surface area contributed by atoms with Crippen molar-refractivity contribution in [3.63, 3.8) is 0 Å². The normalized spacial score (nSPS) is 20.6. The van der Waals surface area contributed by atoms with Gasteiger partial charge >= 0.3 is 0 Å². The minimum Gasteiger partial charge on any atom is -0.345 e. The van der Waals surface area contributed by atoms with E-state index in [-0.39, 0.29) is 5.41 Å². The molecule has 1 atom stereocenters. The van der Waals surface area contributed by atoms with E-state index >= 15 is 0 Å². The Hall–Kier alpha value is -1.49. The summed E-state index contributed by atoms with van der Waals surface area (Å²) in [5.74, 6) is 0.461. The van der Waals surface area contributed by atoms with E-state index in [1.807, 2.05) is 18.4 Å². The lowest BCUT2D eigenvalue weighted by atomic mass is 9.86. The third-order valence-electron chi connectivity index (χ3n) is 3.84. The maximum atomic E-state index is 10.6. The van der Waals surface area contributed by atoms with Crippen molar-refractivity contribution in [3.8, 4) is 0 Å². The molecule has 0 amide bonds. The van der Waals surface area contributed by atoms with Crippen molar-refractivity contribution in [2.75, 3.05) is 11.6 Å². The van der Waals surface area contributed by atoms with Crippen LogP contribution in [-0.2, 0) is 5.41 Å². The highest BCUT2D eigenvalue weighted by atomic mass is 32.2. The van der Waals surface area contributed by atoms with Crippen LogP contribution in [0.3, 0.4) is 0 Å². The van der Waals surface area contributed by atoms with Gasteiger partial charge in [-0.05, 0) is 41.2 Å². The second-order valence-electron chi connectivity index (χ2n) is 5.86. The van der Waals surface area contributed by atoms with Gasteiger partial charge in [-0.1, -0.05) is 32.9 Å². The molecule has 5 heteroatoms. The molecular formula is C15H20N2O2S. The molecule has 1 aromatic rings. The number of rotatable bonds is 4. The second kappa shape index (κ2) is 5.48. The van der Waals surface area contributed by atoms with Crippen molar-refractivity contribution in [2.45, 2.75) is 38.5 Å². The van der Waals surface area contributed by atoms with Crippen LogP contribution in [0.4, 0.5) is 5.69 Å². The van der Waals surface area contributed by atoms with E-state index < -0.39 is 4.92 Å². The van der Waals surface area contributed by atoms with Gasteiger partial charge in [-0.15, -0.1) is 11.8 Å². The van der Waals surface area contributed by atoms with Crippen LogP contribution in [0.25, 0.3) is 0 Å². The minimum atomic E-state index is -0.421. The molecule has 1 aliphatic carbocycles. The summed E-state index contributed by atoms with van der Waals surface area (Å²) in [4.78, 5) is 10.2. The van der Waals surface area contributed by atoms with E-state index in [9.17, 15) is 10.1 Å². The Kier molecular flexibility index (Phi) is 4.09. The first-order valence-electron chi connectivity index (χ1n) is 6.65. The molecule has 20 heavy (non-hydrogen) atoms. The molecule has 0 aromatic heterocycles. The standard InChI is InChI=1S/C15H20N2O2S/c1-10-8-15(2,3)11-6-5-7-12(14(10)11)16-13(20-4)9-17(18)19/h5-7,9-10,16H,8H2,1-4H3. The molecule has 1 aliphatic rings. The van der Waals surface area contributed by atoms with Gasteiger partial charge in [0, 0.05) is 5.69 Å². The highest BCUT2D eigenvalue weighted by Crippen LogP contribution is 2.48. The Bertz CT molecular complexity index is 567. The predicted molar refractivity (Wildman–Crippen MR) is 84.7 cm³/mol. The molecule has 0 aliphatic heterocycles. The molecule has 1 aromatic carbocycles. The summed E-state index contributed by atoms with van der Waals surface area (Å²) in [6.45, 7) is 6.72. The average molecular weight is 292 g/mol. The number of thioether (sulfide) groups is 1. The second-order valence-corrected chi connectivity index (χ2v) is 6.71. The van der Waals surface area contributed by atoms with E-state index in [1.165, 1.54) is 22.9 Å². The molecular weight excluding hydrogens is 272 g/mol. The minimum absolute atomic E-state index is 0.165. The Morgan fingerprint density at radius 2 is 2.25 bits per heavy atom. The van der Waals surface area contributed by atoms with Crippen LogP contribution in [0.15, 0.2) is 29.4 Å². The Morgan fingerprint density at radius 1 is 1.55 bits per heavy atom. The molecule has 1 N–H and O–H groups in total. The molecule has 0 spiro atoms. The van der Waals surface area contributed by atoms with Crippen LogP contribution in [0.2, 0.25) is 0 Å². The monoisotopic (exact) mass is 292 g/mol. The van der Waals surface area contributed by atoms with Crippen molar-refractivity contribution >= 4 is 17.4 Å². The molecule has 0 radical (unpaired) electrons. The van der Waals surface area contributed by atoms with Crippen LogP contribution in [0.1, 0.15) is 44.2 Å². The quantitative estimate of drug-likeness (QED) is 0.663. The van der Waals surface area contributed by atoms with Crippen LogP contribution in [0.5, 0.6) is 0 Å². The highest BCUT2D eigenvalue weighted by molar-refractivity contribution is 8.02. The molecule has 0 fully saturated rings. The fourth-order valence-corrected chi connectivity index (χ4v) is 3.54. The predicted octanol–water partition coefficient (Wildman–Crippen LogP) is 4.32. The van der Waals surface area contributed by atoms with Crippen molar-refractivity contribution in [3.05, 3.63) is 50.7 Å². The number of benzene rings is 1. The Morgan fingerprint density at radius 3 is 2.85 bits per heavy atom. The first-order chi connectivity index (χ1) is 9.35. The van der Waals surface area contributed by atoms with Gasteiger partial charge in [0.2, 0.25) is 0 Å². The Labute approximate surface area is 123 Å². The van der Waals surface area contributed by atoms with E-state index in [4.69, 9.17) is 0 Å². The first-order valence-corrected chi connectivity index (χ1v) is 7.87. The van der Waals surface area contributed by atoms with E-state index in [0.29, 0.717) is 10.9 Å². The molecule has 0 saturated carbocycles. The number of nitro groups is 1. The maximum absolute atomic E-state index is 10.6. The maximum Gasteiger partial charge on any atom is 0.264 e. The molecule has 108 valence electrons. The first kappa shape index (κ1) is 14.9. The summed E-state index contributed by atoms with van der Waals surface area (Å²) >= 11 is 1.35. The summed E-state index contributed by atoms with van der Waals surface area (Å²) in [6.07, 6.45) is 3.96. The lowest BCUT2D eigenvalue weighted by molar-refractivity contribution is -0.402. The number of anilines is 1. The van der Waals surface area contributed by atoms with Crippen molar-refractivity contribution < 1.29 is 4.92 Å². The van der Waals surface area contributed by atoms with Crippen LogP contribution in [0, 0.1) is 10.1 Å². The average Bonchev–Trinajstić information content (AvgIpc) is 2.59. The van der Waals surface area contributed by atoms with Crippen molar-refractivity contribution in [2.24, 2.45) is 0 Å². The molecule has 4 nitrogen and oxygen atoms in total. The fraction of sp³-hybridized carbons (Fsp3) is 0.467. The van der Waals surface area contributed by atoms with Crippen LogP contribution < -0.4 is 5.32 Å². The third kappa shape index (κ3) is 2.82. The van der Waals surface area contributed by atoms with Crippen molar-refractivity contribution in [1.82, 2.24) is 0 Å². The number of hydrogen-bond acceptors (Lipinski definition) is 4. The molecule has 0 bridgehead atoms. The molecule has 2 rings (SSSR count). The van der Waals surface area contributed by atoms with E-state index in [2.05, 4.69) is 32.2 Å². The summed E-state index contributed by atoms with van der Waals surface area (Å²) in [7, 11) is 0. The molecule has 0 heterocycles. The smallest absolute Gasteiger partial charge is 0.264 e. The van der Waals surface area contributed by atoms with Crippen LogP contribution >= 0.6 is 11.8 Å². The van der Waals surface area contributed by atoms with Gasteiger partial charge in [0.05, 0.1) is 4.92 Å². The van der Waals surface area contributed by atoms with Gasteiger partial charge in [-0.25, -0.2) is 0 Å². The van der Waals surface area contributed by atoms with Crippen molar-refractivity contribution in [1.29, 1.82) is 0 Å². The summed E-state index contributed by atoms with van der Waals surface area (Å²) < 4.78 is 0. The van der Waals surface area contributed by atoms with E-state index in [1.54, 1.807) is 0 Å². The fourth-order valence-electron chi connectivity index (χ4n) is 3.14. The lowest BCUT2D eigenvalue weighted by Crippen LogP contribution is -2.12. The summed E-state index contributed by atoms with van der Waals surface area (Å²) in [5, 5.41) is 14.4. The summed E-state index contributed by atoms with van der Waals surface area (Å²) in [6, 6.07) is 6.19. The van der Waals surface area contributed by atoms with Gasteiger partial charge < -0.3 is 5.32 Å². The van der Waals surface area contributed by atoms with Gasteiger partial charge in [-0.3, -0.25) is 10.1 Å². The highest BCUT2D eigenvalue weighted by Gasteiger charge is 2.36. The summed E-state index contributed by atoms with van der Waals surface area (Å²) in [5.41, 5.74) is 3.79. The van der Waals surface area contributed by atoms with E-state index in [0.717, 1.165) is 18.3 Å². The van der Waals surface area contributed by atoms with Gasteiger partial charge in [0.25, 0.3) is 6.20 Å². The number of hydrogen-bond donors (Lipinski definition) is 1. The zero-order chi connectivity index (χ0) is 14.9. The number of fused-ring (bicyclic) bond motifs is 1. The van der Waals surface area contributed by atoms with Crippen LogP contribution in [-0.4, -0.2) is 11.2 Å². The van der Waals surface area contributed by atoms with Gasteiger partial charge in [0.15, 0.2) is 0 Å². The molecule has 0 saturated heterocycles. The SMILES string of the molecule is CSC(=C[N+](=O)[O-])Nc1cccc2c1C(C)CC2(C)C. The Balaban J connectivity index is 2.41. The van der Waals surface area contributed by atoms with Gasteiger partial charge in [-0.2, -0.15) is 0 Å². The zero-order valence-corrected chi connectivity index (χ0v) is 13.1. The topological polar surface area (TPSA) is 55.2 Å². The zero-order valence-electron chi connectivity index (χ0n) is 12.3. The third-order valence-corrected chi connectivity index (χ3v) is 4.49. The number of nitrogens with zero attached hydrogens (tertiary/aromatic N) is 1. The molecule has 1 unspecified atom stereocenters. The van der Waals surface area contributed by atoms with Gasteiger partial charge in [0.1, 0.15) is 5.03 Å².